The Hall–Kier alpha value is -2.05. The lowest BCUT2D eigenvalue weighted by Gasteiger charge is -2.31. The summed E-state index contributed by atoms with van der Waals surface area (Å²) in [6.45, 7) is 2.47. The van der Waals surface area contributed by atoms with Gasteiger partial charge in [0.2, 0.25) is 9.84 Å². The Balaban J connectivity index is 2.05. The van der Waals surface area contributed by atoms with Gasteiger partial charge in [0.1, 0.15) is 12.4 Å². The minimum Gasteiger partial charge on any atom is -0.490 e. The van der Waals surface area contributed by atoms with E-state index in [4.69, 9.17) is 10.5 Å². The summed E-state index contributed by atoms with van der Waals surface area (Å²) in [5, 5.41) is 0. The summed E-state index contributed by atoms with van der Waals surface area (Å²) in [5.41, 5.74) is 6.42. The van der Waals surface area contributed by atoms with Crippen LogP contribution in [0.1, 0.15) is 0 Å². The molecule has 1 aliphatic heterocycles. The smallest absolute Gasteiger partial charge is 0.206 e. The highest BCUT2D eigenvalue weighted by Gasteiger charge is 2.23. The fourth-order valence-corrected chi connectivity index (χ4v) is 3.85. The summed E-state index contributed by atoms with van der Waals surface area (Å²) in [7, 11) is -3.52. The molecule has 22 heavy (non-hydrogen) atoms. The van der Waals surface area contributed by atoms with Gasteiger partial charge in [0, 0.05) is 13.1 Å². The van der Waals surface area contributed by atoms with Gasteiger partial charge in [0.15, 0.2) is 0 Å². The van der Waals surface area contributed by atoms with Gasteiger partial charge in [-0.1, -0.05) is 18.2 Å². The number of rotatable bonds is 4. The van der Waals surface area contributed by atoms with E-state index < -0.39 is 9.84 Å². The molecule has 3 rings (SSSR count). The van der Waals surface area contributed by atoms with E-state index in [2.05, 4.69) is 4.90 Å². The monoisotopic (exact) mass is 318 g/mol. The molecule has 2 aromatic carbocycles. The lowest BCUT2D eigenvalue weighted by molar-refractivity contribution is 0.307. The maximum Gasteiger partial charge on any atom is 0.206 e. The fraction of sp³-hybridized carbons (Fsp3) is 0.250. The van der Waals surface area contributed by atoms with Crippen LogP contribution in [0.15, 0.2) is 58.3 Å². The van der Waals surface area contributed by atoms with Crippen LogP contribution in [0.2, 0.25) is 0 Å². The molecule has 0 spiro atoms. The zero-order valence-electron chi connectivity index (χ0n) is 12.1. The molecule has 0 fully saturated rings. The lowest BCUT2D eigenvalue weighted by Crippen LogP contribution is -2.36. The van der Waals surface area contributed by atoms with Crippen LogP contribution in [0.25, 0.3) is 0 Å². The van der Waals surface area contributed by atoms with E-state index in [0.717, 1.165) is 5.69 Å². The summed E-state index contributed by atoms with van der Waals surface area (Å²) in [4.78, 5) is 2.62. The first-order chi connectivity index (χ1) is 10.6. The van der Waals surface area contributed by atoms with Gasteiger partial charge in [0.25, 0.3) is 0 Å². The van der Waals surface area contributed by atoms with Gasteiger partial charge >= 0.3 is 0 Å². The summed E-state index contributed by atoms with van der Waals surface area (Å²) >= 11 is 0. The molecular formula is C16H18N2O3S. The molecule has 1 heterocycles. The van der Waals surface area contributed by atoms with Crippen LogP contribution in [0.4, 0.5) is 5.69 Å². The molecule has 0 saturated carbocycles. The van der Waals surface area contributed by atoms with Crippen LogP contribution in [0.3, 0.4) is 0 Å². The highest BCUT2D eigenvalue weighted by molar-refractivity contribution is 7.91. The number of hydrogen-bond donors (Lipinski definition) is 1. The minimum absolute atomic E-state index is 0.268. The van der Waals surface area contributed by atoms with Gasteiger partial charge in [-0.3, -0.25) is 0 Å². The van der Waals surface area contributed by atoms with Crippen molar-refractivity contribution in [2.75, 3.05) is 31.1 Å². The first-order valence-electron chi connectivity index (χ1n) is 7.15. The number of nitrogens with zero attached hydrogens (tertiary/aromatic N) is 1. The van der Waals surface area contributed by atoms with E-state index >= 15 is 0 Å². The van der Waals surface area contributed by atoms with E-state index in [9.17, 15) is 8.42 Å². The number of hydrogen-bond acceptors (Lipinski definition) is 5. The summed E-state index contributed by atoms with van der Waals surface area (Å²) in [5.74, 6) is 0.701. The average molecular weight is 318 g/mol. The van der Waals surface area contributed by atoms with E-state index in [1.165, 1.54) is 0 Å². The molecule has 1 aliphatic rings. The second kappa shape index (κ2) is 5.98. The molecule has 116 valence electrons. The van der Waals surface area contributed by atoms with Crippen molar-refractivity contribution < 1.29 is 13.2 Å². The van der Waals surface area contributed by atoms with Crippen molar-refractivity contribution in [2.24, 2.45) is 5.73 Å². The van der Waals surface area contributed by atoms with Crippen molar-refractivity contribution in [3.63, 3.8) is 0 Å². The van der Waals surface area contributed by atoms with Crippen LogP contribution in [-0.2, 0) is 9.84 Å². The summed E-state index contributed by atoms with van der Waals surface area (Å²) < 4.78 is 31.0. The Morgan fingerprint density at radius 3 is 2.59 bits per heavy atom. The highest BCUT2D eigenvalue weighted by Crippen LogP contribution is 2.35. The van der Waals surface area contributed by atoms with E-state index in [1.54, 1.807) is 48.5 Å². The first-order valence-corrected chi connectivity index (χ1v) is 8.63. The van der Waals surface area contributed by atoms with Gasteiger partial charge in [0.05, 0.1) is 22.0 Å². The lowest BCUT2D eigenvalue weighted by atomic mass is 10.2. The topological polar surface area (TPSA) is 72.6 Å². The summed E-state index contributed by atoms with van der Waals surface area (Å²) in [6, 6.07) is 13.4. The zero-order chi connectivity index (χ0) is 15.6. The molecule has 0 amide bonds. The second-order valence-corrected chi connectivity index (χ2v) is 7.02. The number of ether oxygens (including phenoxy) is 1. The van der Waals surface area contributed by atoms with Crippen molar-refractivity contribution >= 4 is 15.5 Å². The molecule has 0 aliphatic carbocycles. The van der Waals surface area contributed by atoms with Crippen LogP contribution in [0.5, 0.6) is 5.75 Å². The zero-order valence-corrected chi connectivity index (χ0v) is 12.9. The first kappa shape index (κ1) is 14.9. The maximum absolute atomic E-state index is 12.7. The Morgan fingerprint density at radius 1 is 1.09 bits per heavy atom. The predicted octanol–water partition coefficient (Wildman–Crippen LogP) is 1.68. The SMILES string of the molecule is NCCN1CCOc2ccc(S(=O)(=O)c3ccccc3)cc21. The molecular weight excluding hydrogens is 300 g/mol. The number of anilines is 1. The number of nitrogens with two attached hydrogens (primary N) is 1. The predicted molar refractivity (Wildman–Crippen MR) is 85.1 cm³/mol. The number of fused-ring (bicyclic) bond motifs is 1. The fourth-order valence-electron chi connectivity index (χ4n) is 2.54. The van der Waals surface area contributed by atoms with Gasteiger partial charge in [-0.25, -0.2) is 8.42 Å². The van der Waals surface area contributed by atoms with Crippen LogP contribution in [-0.4, -0.2) is 34.7 Å². The van der Waals surface area contributed by atoms with E-state index in [-0.39, 0.29) is 9.79 Å². The van der Waals surface area contributed by atoms with Crippen LogP contribution in [0, 0.1) is 0 Å². The molecule has 0 unspecified atom stereocenters. The van der Waals surface area contributed by atoms with E-state index in [0.29, 0.717) is 32.0 Å². The Bertz CT molecular complexity index is 760. The standard InChI is InChI=1S/C16H18N2O3S/c17-8-9-18-10-11-21-16-7-6-14(12-15(16)18)22(19,20)13-4-2-1-3-5-13/h1-7,12H,8-11,17H2. The third kappa shape index (κ3) is 2.67. The van der Waals surface area contributed by atoms with E-state index in [1.807, 2.05) is 0 Å². The quantitative estimate of drug-likeness (QED) is 0.928. The maximum atomic E-state index is 12.7. The van der Waals surface area contributed by atoms with Gasteiger partial charge in [-0.15, -0.1) is 0 Å². The molecule has 5 nitrogen and oxygen atoms in total. The molecule has 2 N–H and O–H groups in total. The highest BCUT2D eigenvalue weighted by atomic mass is 32.2. The molecule has 0 bridgehead atoms. The van der Waals surface area contributed by atoms with Crippen molar-refractivity contribution in [2.45, 2.75) is 9.79 Å². The van der Waals surface area contributed by atoms with Gasteiger partial charge < -0.3 is 15.4 Å². The third-order valence-electron chi connectivity index (χ3n) is 3.65. The van der Waals surface area contributed by atoms with Crippen LogP contribution >= 0.6 is 0 Å². The minimum atomic E-state index is -3.52. The van der Waals surface area contributed by atoms with Crippen molar-refractivity contribution in [1.29, 1.82) is 0 Å². The van der Waals surface area contributed by atoms with Crippen LogP contribution < -0.4 is 15.4 Å². The second-order valence-electron chi connectivity index (χ2n) is 5.07. The molecule has 0 saturated heterocycles. The van der Waals surface area contributed by atoms with Gasteiger partial charge in [-0.2, -0.15) is 0 Å². The summed E-state index contributed by atoms with van der Waals surface area (Å²) in [6.07, 6.45) is 0. The molecule has 0 aromatic heterocycles. The molecule has 0 radical (unpaired) electrons. The van der Waals surface area contributed by atoms with Crippen molar-refractivity contribution in [3.8, 4) is 5.75 Å². The normalized spacial score (nSPS) is 14.3. The van der Waals surface area contributed by atoms with Crippen molar-refractivity contribution in [3.05, 3.63) is 48.5 Å². The van der Waals surface area contributed by atoms with Gasteiger partial charge in [-0.05, 0) is 30.3 Å². The Morgan fingerprint density at radius 2 is 1.86 bits per heavy atom. The average Bonchev–Trinajstić information content (AvgIpc) is 2.56. The Labute approximate surface area is 130 Å². The van der Waals surface area contributed by atoms with Crippen molar-refractivity contribution in [1.82, 2.24) is 0 Å². The number of benzene rings is 2. The largest absolute Gasteiger partial charge is 0.490 e. The Kier molecular flexibility index (Phi) is 4.04. The molecule has 0 atom stereocenters. The molecule has 2 aromatic rings. The third-order valence-corrected chi connectivity index (χ3v) is 5.42. The molecule has 6 heteroatoms. The number of sulfone groups is 1.